The van der Waals surface area contributed by atoms with Crippen molar-refractivity contribution < 1.29 is 19.5 Å². The monoisotopic (exact) mass is 301 g/mol. The van der Waals surface area contributed by atoms with Crippen molar-refractivity contribution in [3.8, 4) is 0 Å². The molecule has 0 aliphatic carbocycles. The van der Waals surface area contributed by atoms with Crippen LogP contribution in [0, 0.1) is 5.92 Å². The summed E-state index contributed by atoms with van der Waals surface area (Å²) in [4.78, 5) is 34.9. The van der Waals surface area contributed by atoms with E-state index < -0.39 is 5.97 Å². The standard InChI is InChI=1S/C14H27N3O4/c1-11(2)9-16-12(18)10-17(3)14(21)15-8-6-4-5-7-13(19)20/h11H,4-10H2,1-3H3,(H,15,21)(H,16,18)(H,19,20). The molecule has 0 aliphatic rings. The first-order valence-corrected chi connectivity index (χ1v) is 7.30. The Bertz CT molecular complexity index is 345. The molecule has 7 nitrogen and oxygen atoms in total. The number of nitrogens with one attached hydrogen (secondary N) is 2. The molecule has 0 bridgehead atoms. The Kier molecular flexibility index (Phi) is 10.0. The van der Waals surface area contributed by atoms with Crippen LogP contribution in [0.25, 0.3) is 0 Å². The van der Waals surface area contributed by atoms with Crippen LogP contribution in [0.5, 0.6) is 0 Å². The Morgan fingerprint density at radius 3 is 2.33 bits per heavy atom. The van der Waals surface area contributed by atoms with Crippen LogP contribution in [0.3, 0.4) is 0 Å². The third-order valence-electron chi connectivity index (χ3n) is 2.78. The lowest BCUT2D eigenvalue weighted by molar-refractivity contribution is -0.137. The molecule has 7 heteroatoms. The molecule has 0 aromatic carbocycles. The van der Waals surface area contributed by atoms with Gasteiger partial charge in [0, 0.05) is 26.6 Å². The van der Waals surface area contributed by atoms with Crippen molar-refractivity contribution >= 4 is 17.9 Å². The highest BCUT2D eigenvalue weighted by molar-refractivity contribution is 5.83. The summed E-state index contributed by atoms with van der Waals surface area (Å²) in [6.07, 6.45) is 2.25. The fourth-order valence-corrected chi connectivity index (χ4v) is 1.57. The van der Waals surface area contributed by atoms with E-state index in [1.54, 1.807) is 7.05 Å². The van der Waals surface area contributed by atoms with Crippen LogP contribution in [0.15, 0.2) is 0 Å². The van der Waals surface area contributed by atoms with Crippen molar-refractivity contribution in [1.82, 2.24) is 15.5 Å². The molecule has 0 unspecified atom stereocenters. The van der Waals surface area contributed by atoms with Gasteiger partial charge in [0.1, 0.15) is 6.54 Å². The summed E-state index contributed by atoms with van der Waals surface area (Å²) in [6, 6.07) is -0.298. The Morgan fingerprint density at radius 2 is 1.76 bits per heavy atom. The number of likely N-dealkylation sites (N-methyl/N-ethyl adjacent to an activating group) is 1. The smallest absolute Gasteiger partial charge is 0.317 e. The van der Waals surface area contributed by atoms with Crippen LogP contribution in [0.2, 0.25) is 0 Å². The Morgan fingerprint density at radius 1 is 1.10 bits per heavy atom. The first-order valence-electron chi connectivity index (χ1n) is 7.30. The molecular formula is C14H27N3O4. The predicted octanol–water partition coefficient (Wildman–Crippen LogP) is 1.05. The van der Waals surface area contributed by atoms with Crippen LogP contribution in [-0.2, 0) is 9.59 Å². The van der Waals surface area contributed by atoms with E-state index in [2.05, 4.69) is 10.6 Å². The van der Waals surface area contributed by atoms with Gasteiger partial charge in [-0.15, -0.1) is 0 Å². The van der Waals surface area contributed by atoms with E-state index >= 15 is 0 Å². The highest BCUT2D eigenvalue weighted by atomic mass is 16.4. The molecule has 3 N–H and O–H groups in total. The lowest BCUT2D eigenvalue weighted by Crippen LogP contribution is -2.44. The van der Waals surface area contributed by atoms with Crippen molar-refractivity contribution in [2.24, 2.45) is 5.92 Å². The molecule has 3 amide bonds. The van der Waals surface area contributed by atoms with E-state index in [1.165, 1.54) is 4.90 Å². The number of hydrogen-bond acceptors (Lipinski definition) is 3. The number of carboxylic acids is 1. The molecule has 0 spiro atoms. The van der Waals surface area contributed by atoms with Crippen LogP contribution < -0.4 is 10.6 Å². The minimum absolute atomic E-state index is 0.0254. The minimum Gasteiger partial charge on any atom is -0.481 e. The number of urea groups is 1. The average molecular weight is 301 g/mol. The van der Waals surface area contributed by atoms with Gasteiger partial charge >= 0.3 is 12.0 Å². The van der Waals surface area contributed by atoms with Gasteiger partial charge < -0.3 is 20.6 Å². The fourth-order valence-electron chi connectivity index (χ4n) is 1.57. The molecule has 0 aliphatic heterocycles. The van der Waals surface area contributed by atoms with Crippen LogP contribution >= 0.6 is 0 Å². The summed E-state index contributed by atoms with van der Waals surface area (Å²) in [6.45, 7) is 5.11. The van der Waals surface area contributed by atoms with Gasteiger partial charge in [-0.05, 0) is 18.8 Å². The van der Waals surface area contributed by atoms with Gasteiger partial charge in [-0.1, -0.05) is 20.3 Å². The van der Waals surface area contributed by atoms with Gasteiger partial charge in [-0.3, -0.25) is 9.59 Å². The molecule has 0 radical (unpaired) electrons. The van der Waals surface area contributed by atoms with E-state index in [0.29, 0.717) is 25.4 Å². The van der Waals surface area contributed by atoms with Crippen molar-refractivity contribution in [3.05, 3.63) is 0 Å². The quantitative estimate of drug-likeness (QED) is 0.525. The molecule has 0 fully saturated rings. The number of rotatable bonds is 10. The van der Waals surface area contributed by atoms with Crippen LogP contribution in [0.1, 0.15) is 39.5 Å². The van der Waals surface area contributed by atoms with Crippen molar-refractivity contribution in [3.63, 3.8) is 0 Å². The molecule has 0 aromatic rings. The molecule has 0 saturated heterocycles. The third-order valence-corrected chi connectivity index (χ3v) is 2.78. The van der Waals surface area contributed by atoms with Crippen LogP contribution in [-0.4, -0.2) is 54.6 Å². The van der Waals surface area contributed by atoms with E-state index in [4.69, 9.17) is 5.11 Å². The molecule has 0 rings (SSSR count). The maximum atomic E-state index is 11.7. The summed E-state index contributed by atoms with van der Waals surface area (Å²) in [5.74, 6) is -0.604. The molecule has 0 aromatic heterocycles. The predicted molar refractivity (Wildman–Crippen MR) is 80.0 cm³/mol. The van der Waals surface area contributed by atoms with Crippen molar-refractivity contribution in [1.29, 1.82) is 0 Å². The van der Waals surface area contributed by atoms with E-state index in [9.17, 15) is 14.4 Å². The molecule has 0 heterocycles. The van der Waals surface area contributed by atoms with Gasteiger partial charge in [-0.2, -0.15) is 0 Å². The Labute approximate surface area is 126 Å². The topological polar surface area (TPSA) is 98.7 Å². The van der Waals surface area contributed by atoms with Gasteiger partial charge in [0.05, 0.1) is 0 Å². The second kappa shape index (κ2) is 10.9. The number of nitrogens with zero attached hydrogens (tertiary/aromatic N) is 1. The first kappa shape index (κ1) is 19.2. The number of aliphatic carboxylic acids is 1. The second-order valence-electron chi connectivity index (χ2n) is 5.49. The van der Waals surface area contributed by atoms with Gasteiger partial charge in [0.25, 0.3) is 0 Å². The zero-order valence-electron chi connectivity index (χ0n) is 13.1. The van der Waals surface area contributed by atoms with E-state index in [0.717, 1.165) is 12.8 Å². The number of hydrogen-bond donors (Lipinski definition) is 3. The Hall–Kier alpha value is -1.79. The maximum Gasteiger partial charge on any atom is 0.317 e. The van der Waals surface area contributed by atoms with Crippen molar-refractivity contribution in [2.75, 3.05) is 26.7 Å². The lowest BCUT2D eigenvalue weighted by atomic mass is 10.2. The van der Waals surface area contributed by atoms with Crippen LogP contribution in [0.4, 0.5) is 4.79 Å². The largest absolute Gasteiger partial charge is 0.481 e. The SMILES string of the molecule is CC(C)CNC(=O)CN(C)C(=O)NCCCCCC(=O)O. The number of amides is 3. The fraction of sp³-hybridized carbons (Fsp3) is 0.786. The van der Waals surface area contributed by atoms with Gasteiger partial charge in [0.15, 0.2) is 0 Å². The third kappa shape index (κ3) is 11.7. The maximum absolute atomic E-state index is 11.7. The summed E-state index contributed by atoms with van der Waals surface area (Å²) >= 11 is 0. The van der Waals surface area contributed by atoms with Crippen molar-refractivity contribution in [2.45, 2.75) is 39.5 Å². The molecule has 21 heavy (non-hydrogen) atoms. The average Bonchev–Trinajstić information content (AvgIpc) is 2.39. The Balaban J connectivity index is 3.70. The molecular weight excluding hydrogens is 274 g/mol. The molecule has 122 valence electrons. The highest BCUT2D eigenvalue weighted by Gasteiger charge is 2.12. The summed E-state index contributed by atoms with van der Waals surface area (Å²) < 4.78 is 0. The lowest BCUT2D eigenvalue weighted by Gasteiger charge is -2.18. The first-order chi connectivity index (χ1) is 9.82. The minimum atomic E-state index is -0.800. The summed E-state index contributed by atoms with van der Waals surface area (Å²) in [5.41, 5.74) is 0. The van der Waals surface area contributed by atoms with E-state index in [-0.39, 0.29) is 24.9 Å². The molecule has 0 atom stereocenters. The second-order valence-corrected chi connectivity index (χ2v) is 5.49. The van der Waals surface area contributed by atoms with Gasteiger partial charge in [-0.25, -0.2) is 4.79 Å². The highest BCUT2D eigenvalue weighted by Crippen LogP contribution is 1.98. The zero-order chi connectivity index (χ0) is 16.3. The van der Waals surface area contributed by atoms with Gasteiger partial charge in [0.2, 0.25) is 5.91 Å². The summed E-state index contributed by atoms with van der Waals surface area (Å²) in [5, 5.41) is 13.9. The normalized spacial score (nSPS) is 10.3. The number of unbranched alkanes of at least 4 members (excludes halogenated alkanes) is 2. The number of carbonyl (C=O) groups excluding carboxylic acids is 2. The number of carbonyl (C=O) groups is 3. The van der Waals surface area contributed by atoms with E-state index in [1.807, 2.05) is 13.8 Å². The zero-order valence-corrected chi connectivity index (χ0v) is 13.1. The number of carboxylic acid groups (broad SMARTS) is 1. The summed E-state index contributed by atoms with van der Waals surface area (Å²) in [7, 11) is 1.56. The molecule has 0 saturated carbocycles.